The van der Waals surface area contributed by atoms with Gasteiger partial charge in [-0.3, -0.25) is 9.89 Å². The summed E-state index contributed by atoms with van der Waals surface area (Å²) in [5, 5.41) is 20.6. The standard InChI is InChI=1S/C28H38N8O3/c1-18(2)31-28(38)39-17-22-8-5-13-36(22)27-24(33-26(37)16-29-20-6-3-4-7-20)11-12-25(34-27)32-21-9-10-23-19(14-21)15-30-35-23/h9-12,14-15,18,20,22,29H,3-8,13,16-17H2,1-2H3,(H,30,35)(H,31,38)(H,32,34)(H,33,37)/t22-/m0/s1. The van der Waals surface area contributed by atoms with Crippen LogP contribution in [0.3, 0.4) is 0 Å². The first-order valence-corrected chi connectivity index (χ1v) is 13.9. The largest absolute Gasteiger partial charge is 0.447 e. The number of carbonyl (C=O) groups is 2. The maximum atomic E-state index is 12.9. The molecule has 1 aliphatic heterocycles. The molecule has 11 heteroatoms. The molecule has 1 saturated heterocycles. The first-order chi connectivity index (χ1) is 18.9. The Kier molecular flexibility index (Phi) is 8.45. The number of amides is 2. The molecule has 0 radical (unpaired) electrons. The number of hydrogen-bond acceptors (Lipinski definition) is 8. The Bertz CT molecular complexity index is 1290. The average molecular weight is 535 g/mol. The summed E-state index contributed by atoms with van der Waals surface area (Å²) in [6.45, 7) is 5.04. The molecule has 0 bridgehead atoms. The predicted octanol–water partition coefficient (Wildman–Crippen LogP) is 4.28. The van der Waals surface area contributed by atoms with Crippen molar-refractivity contribution in [3.8, 4) is 0 Å². The lowest BCUT2D eigenvalue weighted by Gasteiger charge is -2.28. The van der Waals surface area contributed by atoms with Gasteiger partial charge in [0.15, 0.2) is 5.82 Å². The number of alkyl carbamates (subject to hydrolysis) is 1. The number of anilines is 4. The van der Waals surface area contributed by atoms with E-state index < -0.39 is 6.09 Å². The van der Waals surface area contributed by atoms with Crippen molar-refractivity contribution in [3.63, 3.8) is 0 Å². The van der Waals surface area contributed by atoms with E-state index in [-0.39, 0.29) is 31.1 Å². The Hall–Kier alpha value is -3.86. The summed E-state index contributed by atoms with van der Waals surface area (Å²) in [6, 6.07) is 10.0. The first kappa shape index (κ1) is 26.7. The van der Waals surface area contributed by atoms with E-state index in [1.807, 2.05) is 44.2 Å². The summed E-state index contributed by atoms with van der Waals surface area (Å²) in [7, 11) is 0. The molecule has 2 amide bonds. The first-order valence-electron chi connectivity index (χ1n) is 13.9. The maximum Gasteiger partial charge on any atom is 0.407 e. The molecule has 5 rings (SSSR count). The van der Waals surface area contributed by atoms with Crippen LogP contribution in [0.25, 0.3) is 10.9 Å². The van der Waals surface area contributed by atoms with Crippen LogP contribution < -0.4 is 26.2 Å². The van der Waals surface area contributed by atoms with Crippen molar-refractivity contribution in [1.82, 2.24) is 25.8 Å². The maximum absolute atomic E-state index is 12.9. The van der Waals surface area contributed by atoms with Crippen LogP contribution in [0.2, 0.25) is 0 Å². The van der Waals surface area contributed by atoms with Gasteiger partial charge in [0.1, 0.15) is 12.4 Å². The minimum atomic E-state index is -0.429. The molecule has 1 aromatic carbocycles. The number of benzene rings is 1. The number of nitrogens with one attached hydrogen (secondary N) is 5. The molecule has 1 aliphatic carbocycles. The number of fused-ring (bicyclic) bond motifs is 1. The van der Waals surface area contributed by atoms with Gasteiger partial charge in [-0.2, -0.15) is 5.10 Å². The fourth-order valence-electron chi connectivity index (χ4n) is 5.30. The second-order valence-electron chi connectivity index (χ2n) is 10.7. The minimum Gasteiger partial charge on any atom is -0.447 e. The minimum absolute atomic E-state index is 0.00234. The highest BCUT2D eigenvalue weighted by Gasteiger charge is 2.30. The number of aromatic amines is 1. The van der Waals surface area contributed by atoms with Crippen molar-refractivity contribution in [2.45, 2.75) is 70.5 Å². The average Bonchev–Trinajstić information content (AvgIpc) is 3.69. The van der Waals surface area contributed by atoms with Crippen molar-refractivity contribution < 1.29 is 14.3 Å². The predicted molar refractivity (Wildman–Crippen MR) is 152 cm³/mol. The Labute approximate surface area is 228 Å². The number of ether oxygens (including phenoxy) is 1. The third-order valence-electron chi connectivity index (χ3n) is 7.23. The molecule has 2 fully saturated rings. The molecule has 3 heterocycles. The molecule has 1 atom stereocenters. The van der Waals surface area contributed by atoms with Crippen LogP contribution in [0.4, 0.5) is 27.8 Å². The summed E-state index contributed by atoms with van der Waals surface area (Å²) in [5.41, 5.74) is 2.48. The fourth-order valence-corrected chi connectivity index (χ4v) is 5.30. The zero-order valence-corrected chi connectivity index (χ0v) is 22.6. The van der Waals surface area contributed by atoms with E-state index in [9.17, 15) is 9.59 Å². The van der Waals surface area contributed by atoms with E-state index in [1.165, 1.54) is 12.8 Å². The van der Waals surface area contributed by atoms with Crippen LogP contribution in [-0.2, 0) is 9.53 Å². The van der Waals surface area contributed by atoms with Crippen molar-refractivity contribution in [2.75, 3.05) is 35.2 Å². The van der Waals surface area contributed by atoms with E-state index in [2.05, 4.69) is 36.4 Å². The second kappa shape index (κ2) is 12.3. The number of nitrogens with zero attached hydrogens (tertiary/aromatic N) is 3. The number of rotatable bonds is 10. The van der Waals surface area contributed by atoms with E-state index in [1.54, 1.807) is 6.20 Å². The van der Waals surface area contributed by atoms with Crippen LogP contribution in [0.5, 0.6) is 0 Å². The number of pyridine rings is 1. The summed E-state index contributed by atoms with van der Waals surface area (Å²) in [6.07, 6.45) is 7.81. The molecular formula is C28H38N8O3. The van der Waals surface area contributed by atoms with Crippen molar-refractivity contribution in [3.05, 3.63) is 36.5 Å². The quantitative estimate of drug-likeness (QED) is 0.260. The highest BCUT2D eigenvalue weighted by molar-refractivity contribution is 5.95. The van der Waals surface area contributed by atoms with Gasteiger partial charge in [0.25, 0.3) is 0 Å². The van der Waals surface area contributed by atoms with E-state index in [4.69, 9.17) is 9.72 Å². The van der Waals surface area contributed by atoms with Gasteiger partial charge in [0, 0.05) is 29.7 Å². The van der Waals surface area contributed by atoms with E-state index >= 15 is 0 Å². The van der Waals surface area contributed by atoms with E-state index in [0.717, 1.165) is 48.8 Å². The van der Waals surface area contributed by atoms with Gasteiger partial charge in [-0.15, -0.1) is 0 Å². The Morgan fingerprint density at radius 1 is 1.13 bits per heavy atom. The van der Waals surface area contributed by atoms with Crippen LogP contribution in [0.15, 0.2) is 36.5 Å². The smallest absolute Gasteiger partial charge is 0.407 e. The van der Waals surface area contributed by atoms with E-state index in [0.29, 0.717) is 23.4 Å². The van der Waals surface area contributed by atoms with Gasteiger partial charge in [0.2, 0.25) is 5.91 Å². The van der Waals surface area contributed by atoms with Gasteiger partial charge in [0.05, 0.1) is 30.0 Å². The molecular weight excluding hydrogens is 496 g/mol. The summed E-state index contributed by atoms with van der Waals surface area (Å²) in [4.78, 5) is 32.1. The van der Waals surface area contributed by atoms with Crippen LogP contribution in [0.1, 0.15) is 52.4 Å². The van der Waals surface area contributed by atoms with Crippen LogP contribution in [-0.4, -0.2) is 65.0 Å². The normalized spacial score (nSPS) is 17.6. The third-order valence-corrected chi connectivity index (χ3v) is 7.23. The molecule has 11 nitrogen and oxygen atoms in total. The summed E-state index contributed by atoms with van der Waals surface area (Å²) < 4.78 is 5.52. The Balaban J connectivity index is 1.34. The molecule has 39 heavy (non-hydrogen) atoms. The highest BCUT2D eigenvalue weighted by Crippen LogP contribution is 2.33. The lowest BCUT2D eigenvalue weighted by molar-refractivity contribution is -0.115. The van der Waals surface area contributed by atoms with Crippen molar-refractivity contribution in [1.29, 1.82) is 0 Å². The van der Waals surface area contributed by atoms with Gasteiger partial charge >= 0.3 is 6.09 Å². The van der Waals surface area contributed by atoms with Crippen LogP contribution in [0, 0.1) is 0 Å². The molecule has 2 aromatic heterocycles. The topological polar surface area (TPSA) is 136 Å². The molecule has 0 unspecified atom stereocenters. The molecule has 3 aromatic rings. The lowest BCUT2D eigenvalue weighted by Crippen LogP contribution is -2.38. The monoisotopic (exact) mass is 534 g/mol. The van der Waals surface area contributed by atoms with Crippen LogP contribution >= 0.6 is 0 Å². The number of carbonyl (C=O) groups excluding carboxylic acids is 2. The highest BCUT2D eigenvalue weighted by atomic mass is 16.5. The Morgan fingerprint density at radius 3 is 2.79 bits per heavy atom. The molecule has 208 valence electrons. The Morgan fingerprint density at radius 2 is 1.97 bits per heavy atom. The zero-order valence-electron chi connectivity index (χ0n) is 22.6. The van der Waals surface area contributed by atoms with Gasteiger partial charge in [-0.25, -0.2) is 9.78 Å². The SMILES string of the molecule is CC(C)NC(=O)OC[C@@H]1CCCN1c1nc(Nc2ccc3[nH]ncc3c2)ccc1NC(=O)CNC1CCCC1. The number of H-pyrrole nitrogens is 1. The lowest BCUT2D eigenvalue weighted by atomic mass is 10.2. The molecule has 2 aliphatic rings. The summed E-state index contributed by atoms with van der Waals surface area (Å²) in [5.74, 6) is 1.22. The van der Waals surface area contributed by atoms with Gasteiger partial charge < -0.3 is 30.9 Å². The number of aromatic nitrogens is 3. The third kappa shape index (κ3) is 6.97. The molecule has 5 N–H and O–H groups in total. The van der Waals surface area contributed by atoms with Gasteiger partial charge in [-0.1, -0.05) is 12.8 Å². The fraction of sp³-hybridized carbons (Fsp3) is 0.500. The second-order valence-corrected chi connectivity index (χ2v) is 10.7. The number of hydrogen-bond donors (Lipinski definition) is 5. The molecule has 0 spiro atoms. The van der Waals surface area contributed by atoms with Crippen molar-refractivity contribution in [2.24, 2.45) is 0 Å². The molecule has 1 saturated carbocycles. The zero-order chi connectivity index (χ0) is 27.2. The van der Waals surface area contributed by atoms with Gasteiger partial charge in [-0.05, 0) is 69.9 Å². The summed E-state index contributed by atoms with van der Waals surface area (Å²) >= 11 is 0. The van der Waals surface area contributed by atoms with Crippen molar-refractivity contribution >= 4 is 45.9 Å².